The number of fused-ring (bicyclic) bond motifs is 1. The fourth-order valence-electron chi connectivity index (χ4n) is 4.68. The number of epoxide rings is 1. The van der Waals surface area contributed by atoms with Crippen molar-refractivity contribution in [2.75, 3.05) is 0 Å². The smallest absolute Gasteiger partial charge is 0.336 e. The molecule has 2 aliphatic carbocycles. The molecule has 19 heavy (non-hydrogen) atoms. The number of esters is 1. The summed E-state index contributed by atoms with van der Waals surface area (Å²) in [4.78, 5) is 11.8. The van der Waals surface area contributed by atoms with E-state index in [2.05, 4.69) is 13.8 Å². The van der Waals surface area contributed by atoms with Crippen LogP contribution < -0.4 is 0 Å². The molecule has 4 aliphatic rings. The molecule has 0 aromatic rings. The first kappa shape index (κ1) is 11.9. The van der Waals surface area contributed by atoms with Gasteiger partial charge in [0, 0.05) is 23.0 Å². The molecule has 1 spiro atoms. The van der Waals surface area contributed by atoms with Crippen LogP contribution in [0.15, 0.2) is 11.1 Å². The van der Waals surface area contributed by atoms with Crippen LogP contribution >= 0.6 is 0 Å². The second kappa shape index (κ2) is 3.07. The molecule has 0 unspecified atom stereocenters. The molecule has 5 atom stereocenters. The van der Waals surface area contributed by atoms with Gasteiger partial charge in [-0.05, 0) is 32.1 Å². The van der Waals surface area contributed by atoms with Crippen LogP contribution in [0, 0.1) is 11.3 Å². The standard InChI is InChI=1S/C15H20O4/c1-8-4-5-11-14(18-11)7-15(17)10(6-13(8,14)3)9(2)12(16)19-15/h8,11,17H,4-7H2,1-3H3/t8-,11-,13+,14-,15+/m0/s1. The summed E-state index contributed by atoms with van der Waals surface area (Å²) < 4.78 is 11.3. The van der Waals surface area contributed by atoms with Gasteiger partial charge in [-0.15, -0.1) is 0 Å². The third-order valence-electron chi connectivity index (χ3n) is 6.27. The van der Waals surface area contributed by atoms with Crippen LogP contribution in [-0.4, -0.2) is 28.6 Å². The van der Waals surface area contributed by atoms with Crippen molar-refractivity contribution in [1.29, 1.82) is 0 Å². The Bertz CT molecular complexity index is 524. The number of hydrogen-bond donors (Lipinski definition) is 1. The second-order valence-corrected chi connectivity index (χ2v) is 7.02. The Balaban J connectivity index is 1.83. The maximum atomic E-state index is 11.8. The molecule has 4 rings (SSSR count). The minimum Gasteiger partial charge on any atom is -0.426 e. The van der Waals surface area contributed by atoms with Crippen LogP contribution in [0.4, 0.5) is 0 Å². The molecular formula is C15H20O4. The Morgan fingerprint density at radius 2 is 2.11 bits per heavy atom. The van der Waals surface area contributed by atoms with E-state index >= 15 is 0 Å². The molecule has 1 N–H and O–H groups in total. The first-order valence-electron chi connectivity index (χ1n) is 7.16. The highest BCUT2D eigenvalue weighted by molar-refractivity contribution is 5.92. The minimum atomic E-state index is -1.41. The minimum absolute atomic E-state index is 0.00667. The molecule has 0 aromatic heterocycles. The summed E-state index contributed by atoms with van der Waals surface area (Å²) in [6.07, 6.45) is 3.56. The van der Waals surface area contributed by atoms with Gasteiger partial charge in [-0.25, -0.2) is 4.79 Å². The second-order valence-electron chi connectivity index (χ2n) is 7.02. The number of hydrogen-bond acceptors (Lipinski definition) is 4. The van der Waals surface area contributed by atoms with Crippen molar-refractivity contribution in [3.05, 3.63) is 11.1 Å². The van der Waals surface area contributed by atoms with Crippen molar-refractivity contribution in [2.24, 2.45) is 11.3 Å². The van der Waals surface area contributed by atoms with Crippen LogP contribution in [-0.2, 0) is 14.3 Å². The van der Waals surface area contributed by atoms with Crippen LogP contribution in [0.1, 0.15) is 46.5 Å². The van der Waals surface area contributed by atoms with Crippen molar-refractivity contribution < 1.29 is 19.4 Å². The van der Waals surface area contributed by atoms with Gasteiger partial charge >= 0.3 is 5.97 Å². The summed E-state index contributed by atoms with van der Waals surface area (Å²) in [6.45, 7) is 6.27. The van der Waals surface area contributed by atoms with E-state index in [1.165, 1.54) is 0 Å². The molecule has 4 heteroatoms. The molecule has 2 aliphatic heterocycles. The molecule has 104 valence electrons. The van der Waals surface area contributed by atoms with E-state index in [4.69, 9.17) is 9.47 Å². The fourth-order valence-corrected chi connectivity index (χ4v) is 4.68. The number of aliphatic hydroxyl groups is 1. The van der Waals surface area contributed by atoms with Crippen LogP contribution in [0.5, 0.6) is 0 Å². The average molecular weight is 264 g/mol. The monoisotopic (exact) mass is 264 g/mol. The molecule has 2 heterocycles. The van der Waals surface area contributed by atoms with Crippen LogP contribution in [0.25, 0.3) is 0 Å². The molecule has 0 amide bonds. The van der Waals surface area contributed by atoms with E-state index in [0.717, 1.165) is 18.4 Å². The highest BCUT2D eigenvalue weighted by Crippen LogP contribution is 2.69. The normalized spacial score (nSPS) is 55.3. The highest BCUT2D eigenvalue weighted by Gasteiger charge is 2.76. The fraction of sp³-hybridized carbons (Fsp3) is 0.800. The lowest BCUT2D eigenvalue weighted by Gasteiger charge is -2.51. The lowest BCUT2D eigenvalue weighted by atomic mass is 9.53. The Labute approximate surface area is 112 Å². The molecule has 0 bridgehead atoms. The summed E-state index contributed by atoms with van der Waals surface area (Å²) in [7, 11) is 0. The van der Waals surface area contributed by atoms with Gasteiger partial charge in [-0.3, -0.25) is 0 Å². The molecule has 0 aromatic carbocycles. The van der Waals surface area contributed by atoms with Crippen molar-refractivity contribution in [1.82, 2.24) is 0 Å². The zero-order valence-corrected chi connectivity index (χ0v) is 11.7. The largest absolute Gasteiger partial charge is 0.426 e. The van der Waals surface area contributed by atoms with Gasteiger partial charge in [-0.1, -0.05) is 13.8 Å². The summed E-state index contributed by atoms with van der Waals surface area (Å²) >= 11 is 0. The molecule has 3 fully saturated rings. The van der Waals surface area contributed by atoms with E-state index in [1.54, 1.807) is 6.92 Å². The lowest BCUT2D eigenvalue weighted by Crippen LogP contribution is -2.56. The van der Waals surface area contributed by atoms with Gasteiger partial charge < -0.3 is 14.6 Å². The summed E-state index contributed by atoms with van der Waals surface area (Å²) in [5.41, 5.74) is 1.10. The lowest BCUT2D eigenvalue weighted by molar-refractivity contribution is -0.204. The Morgan fingerprint density at radius 1 is 1.37 bits per heavy atom. The third-order valence-corrected chi connectivity index (χ3v) is 6.27. The molecule has 2 saturated carbocycles. The summed E-state index contributed by atoms with van der Waals surface area (Å²) in [6, 6.07) is 0. The Morgan fingerprint density at radius 3 is 2.84 bits per heavy atom. The number of carbonyl (C=O) groups is 1. The van der Waals surface area contributed by atoms with E-state index in [-0.39, 0.29) is 23.1 Å². The Hall–Kier alpha value is -0.870. The maximum Gasteiger partial charge on any atom is 0.336 e. The van der Waals surface area contributed by atoms with Gasteiger partial charge in [0.25, 0.3) is 0 Å². The van der Waals surface area contributed by atoms with Gasteiger partial charge in [0.05, 0.1) is 6.10 Å². The van der Waals surface area contributed by atoms with E-state index in [1.807, 2.05) is 0 Å². The van der Waals surface area contributed by atoms with Crippen molar-refractivity contribution in [3.63, 3.8) is 0 Å². The van der Waals surface area contributed by atoms with Crippen molar-refractivity contribution in [2.45, 2.75) is 63.9 Å². The first-order chi connectivity index (χ1) is 8.82. The van der Waals surface area contributed by atoms with E-state index in [0.29, 0.717) is 24.3 Å². The van der Waals surface area contributed by atoms with Crippen LogP contribution in [0.2, 0.25) is 0 Å². The van der Waals surface area contributed by atoms with Crippen molar-refractivity contribution >= 4 is 5.97 Å². The summed E-state index contributed by atoms with van der Waals surface area (Å²) in [5, 5.41) is 10.7. The van der Waals surface area contributed by atoms with Crippen LogP contribution in [0.3, 0.4) is 0 Å². The first-order valence-corrected chi connectivity index (χ1v) is 7.16. The Kier molecular flexibility index (Phi) is 1.92. The van der Waals surface area contributed by atoms with Gasteiger partial charge in [-0.2, -0.15) is 0 Å². The van der Waals surface area contributed by atoms with Gasteiger partial charge in [0.1, 0.15) is 5.60 Å². The van der Waals surface area contributed by atoms with Crippen molar-refractivity contribution in [3.8, 4) is 0 Å². The maximum absolute atomic E-state index is 11.8. The number of rotatable bonds is 0. The molecular weight excluding hydrogens is 244 g/mol. The highest BCUT2D eigenvalue weighted by atomic mass is 16.7. The summed E-state index contributed by atoms with van der Waals surface area (Å²) in [5.74, 6) is -1.25. The van der Waals surface area contributed by atoms with Gasteiger partial charge in [0.15, 0.2) is 0 Å². The molecule has 1 saturated heterocycles. The SMILES string of the molecule is CC1=C2C[C@]3(C)[C@@H](C)CC[C@@H]4O[C@@]43C[C@@]2(O)OC1=O. The zero-order valence-electron chi connectivity index (χ0n) is 11.7. The predicted octanol–water partition coefficient (Wildman–Crippen LogP) is 1.92. The topological polar surface area (TPSA) is 59.1 Å². The third kappa shape index (κ3) is 1.16. The molecule has 4 nitrogen and oxygen atoms in total. The van der Waals surface area contributed by atoms with E-state index < -0.39 is 5.79 Å². The molecule has 0 radical (unpaired) electrons. The zero-order chi connectivity index (χ0) is 13.6. The quantitative estimate of drug-likeness (QED) is 0.536. The number of carbonyl (C=O) groups excluding carboxylic acids is 1. The number of ether oxygens (including phenoxy) is 2. The average Bonchev–Trinajstić information content (AvgIpc) is 2.99. The van der Waals surface area contributed by atoms with E-state index in [9.17, 15) is 9.90 Å². The predicted molar refractivity (Wildman–Crippen MR) is 67.1 cm³/mol. The van der Waals surface area contributed by atoms with Gasteiger partial charge in [0.2, 0.25) is 5.79 Å².